The Kier molecular flexibility index (Phi) is 4.64. The van der Waals surface area contributed by atoms with Gasteiger partial charge in [-0.1, -0.05) is 18.2 Å². The van der Waals surface area contributed by atoms with E-state index in [9.17, 15) is 19.5 Å². The van der Waals surface area contributed by atoms with Crippen molar-refractivity contribution in [2.75, 3.05) is 19.7 Å². The molecule has 0 aliphatic carbocycles. The van der Waals surface area contributed by atoms with Crippen molar-refractivity contribution in [1.82, 2.24) is 9.80 Å². The average molecular weight is 384 g/mol. The highest BCUT2D eigenvalue weighted by molar-refractivity contribution is 5.97. The Morgan fingerprint density at radius 2 is 1.71 bits per heavy atom. The lowest BCUT2D eigenvalue weighted by molar-refractivity contribution is -0.143. The third kappa shape index (κ3) is 3.05. The normalized spacial score (nSPS) is 21.1. The molecule has 3 heterocycles. The minimum Gasteiger partial charge on any atom is -0.480 e. The van der Waals surface area contributed by atoms with Crippen LogP contribution in [0.2, 0.25) is 0 Å². The van der Waals surface area contributed by atoms with Crippen molar-refractivity contribution in [2.24, 2.45) is 0 Å². The number of piperidine rings is 1. The number of rotatable bonds is 3. The summed E-state index contributed by atoms with van der Waals surface area (Å²) in [4.78, 5) is 40.3. The molecule has 2 saturated heterocycles. The molecule has 1 aromatic heterocycles. The summed E-state index contributed by atoms with van der Waals surface area (Å²) in [6.07, 6.45) is 2.11. The highest BCUT2D eigenvalue weighted by atomic mass is 16.5. The molecule has 1 spiro atoms. The number of carboxylic acids is 1. The average Bonchev–Trinajstić information content (AvgIpc) is 3.37. The Labute approximate surface area is 161 Å². The van der Waals surface area contributed by atoms with E-state index in [1.807, 2.05) is 0 Å². The minimum absolute atomic E-state index is 0.0694. The van der Waals surface area contributed by atoms with E-state index in [0.717, 1.165) is 0 Å². The van der Waals surface area contributed by atoms with E-state index in [1.54, 1.807) is 47.4 Å². The van der Waals surface area contributed by atoms with Gasteiger partial charge in [0.1, 0.15) is 5.72 Å². The third-order valence-corrected chi connectivity index (χ3v) is 5.35. The van der Waals surface area contributed by atoms with Gasteiger partial charge in [-0.15, -0.1) is 0 Å². The Bertz CT molecular complexity index is 871. The minimum atomic E-state index is -1.10. The molecule has 0 bridgehead atoms. The SMILES string of the molecule is O=C(O)[C@@H]1COC2(CCN(C(=O)c3ccco3)CC2)N1C(=O)c1ccccc1. The molecule has 0 radical (unpaired) electrons. The molecule has 28 heavy (non-hydrogen) atoms. The molecule has 1 N–H and O–H groups in total. The summed E-state index contributed by atoms with van der Waals surface area (Å²) in [6, 6.07) is 10.8. The second-order valence-electron chi connectivity index (χ2n) is 6.92. The molecular weight excluding hydrogens is 364 g/mol. The van der Waals surface area contributed by atoms with Crippen molar-refractivity contribution in [2.45, 2.75) is 24.6 Å². The van der Waals surface area contributed by atoms with Crippen molar-refractivity contribution >= 4 is 17.8 Å². The van der Waals surface area contributed by atoms with E-state index < -0.39 is 17.7 Å². The van der Waals surface area contributed by atoms with Gasteiger partial charge < -0.3 is 19.2 Å². The first-order chi connectivity index (χ1) is 13.5. The maximum Gasteiger partial charge on any atom is 0.328 e. The van der Waals surface area contributed by atoms with E-state index in [2.05, 4.69) is 0 Å². The molecule has 0 saturated carbocycles. The van der Waals surface area contributed by atoms with E-state index in [1.165, 1.54) is 11.2 Å². The van der Waals surface area contributed by atoms with E-state index in [0.29, 0.717) is 31.5 Å². The van der Waals surface area contributed by atoms with Crippen LogP contribution in [0.1, 0.15) is 33.8 Å². The zero-order valence-electron chi connectivity index (χ0n) is 15.1. The molecular formula is C20H20N2O6. The number of furan rings is 1. The first-order valence-electron chi connectivity index (χ1n) is 9.10. The summed E-state index contributed by atoms with van der Waals surface area (Å²) in [5, 5.41) is 9.61. The molecule has 1 aromatic carbocycles. The van der Waals surface area contributed by atoms with Gasteiger partial charge in [0, 0.05) is 31.5 Å². The number of benzene rings is 1. The second-order valence-corrected chi connectivity index (χ2v) is 6.92. The third-order valence-electron chi connectivity index (χ3n) is 5.35. The van der Waals surface area contributed by atoms with E-state index >= 15 is 0 Å². The van der Waals surface area contributed by atoms with Crippen LogP contribution in [-0.2, 0) is 9.53 Å². The number of ether oxygens (including phenoxy) is 1. The molecule has 146 valence electrons. The van der Waals surface area contributed by atoms with E-state index in [-0.39, 0.29) is 24.2 Å². The van der Waals surface area contributed by atoms with Gasteiger partial charge in [0.05, 0.1) is 12.9 Å². The van der Waals surface area contributed by atoms with Crippen LogP contribution in [0.25, 0.3) is 0 Å². The van der Waals surface area contributed by atoms with Crippen LogP contribution in [0.15, 0.2) is 53.1 Å². The van der Waals surface area contributed by atoms with Gasteiger partial charge in [-0.05, 0) is 24.3 Å². The van der Waals surface area contributed by atoms with Crippen LogP contribution in [0, 0.1) is 0 Å². The summed E-state index contributed by atoms with van der Waals surface area (Å²) in [7, 11) is 0. The van der Waals surface area contributed by atoms with Crippen molar-refractivity contribution in [3.05, 3.63) is 60.1 Å². The molecule has 2 aliphatic rings. The van der Waals surface area contributed by atoms with Crippen LogP contribution >= 0.6 is 0 Å². The number of aliphatic carboxylic acids is 1. The molecule has 1 atom stereocenters. The predicted octanol–water partition coefficient (Wildman–Crippen LogP) is 1.84. The molecule has 0 unspecified atom stereocenters. The smallest absolute Gasteiger partial charge is 0.328 e. The van der Waals surface area contributed by atoms with Crippen molar-refractivity contribution in [3.63, 3.8) is 0 Å². The zero-order valence-corrected chi connectivity index (χ0v) is 15.1. The van der Waals surface area contributed by atoms with Crippen molar-refractivity contribution < 1.29 is 28.6 Å². The number of carbonyl (C=O) groups excluding carboxylic acids is 2. The Balaban J connectivity index is 1.57. The number of amides is 2. The van der Waals surface area contributed by atoms with Crippen LogP contribution in [-0.4, -0.2) is 64.2 Å². The highest BCUT2D eigenvalue weighted by Crippen LogP contribution is 2.38. The molecule has 8 nitrogen and oxygen atoms in total. The molecule has 8 heteroatoms. The maximum absolute atomic E-state index is 13.1. The van der Waals surface area contributed by atoms with Gasteiger partial charge >= 0.3 is 5.97 Å². The van der Waals surface area contributed by atoms with Gasteiger partial charge in [-0.3, -0.25) is 14.5 Å². The number of carboxylic acid groups (broad SMARTS) is 1. The summed E-state index contributed by atoms with van der Waals surface area (Å²) in [5.74, 6) is -1.45. The second kappa shape index (κ2) is 7.12. The quantitative estimate of drug-likeness (QED) is 0.867. The fourth-order valence-corrected chi connectivity index (χ4v) is 3.89. The standard InChI is InChI=1S/C20H20N2O6/c23-17(14-5-2-1-3-6-14)22-15(19(25)26)13-28-20(22)8-10-21(11-9-20)18(24)16-7-4-12-27-16/h1-7,12,15H,8-11,13H2,(H,25,26)/t15-/m0/s1. The maximum atomic E-state index is 13.1. The molecule has 2 fully saturated rings. The lowest BCUT2D eigenvalue weighted by Gasteiger charge is -2.44. The summed E-state index contributed by atoms with van der Waals surface area (Å²) in [6.45, 7) is 0.606. The summed E-state index contributed by atoms with van der Waals surface area (Å²) in [5.41, 5.74) is -0.622. The Morgan fingerprint density at radius 3 is 2.32 bits per heavy atom. The predicted molar refractivity (Wildman–Crippen MR) is 96.6 cm³/mol. The number of nitrogens with zero attached hydrogens (tertiary/aromatic N) is 2. The molecule has 4 rings (SSSR count). The lowest BCUT2D eigenvalue weighted by Crippen LogP contribution is -2.58. The molecule has 2 aromatic rings. The van der Waals surface area contributed by atoms with Crippen LogP contribution in [0.4, 0.5) is 0 Å². The van der Waals surface area contributed by atoms with Gasteiger partial charge in [-0.25, -0.2) is 4.79 Å². The fourth-order valence-electron chi connectivity index (χ4n) is 3.89. The van der Waals surface area contributed by atoms with Gasteiger partial charge in [0.2, 0.25) is 0 Å². The Hall–Kier alpha value is -3.13. The summed E-state index contributed by atoms with van der Waals surface area (Å²) < 4.78 is 11.1. The number of carbonyl (C=O) groups is 3. The fraction of sp³-hybridized carbons (Fsp3) is 0.350. The van der Waals surface area contributed by atoms with Gasteiger partial charge in [-0.2, -0.15) is 0 Å². The van der Waals surface area contributed by atoms with Crippen LogP contribution < -0.4 is 0 Å². The zero-order chi connectivity index (χ0) is 19.7. The molecule has 2 amide bonds. The van der Waals surface area contributed by atoms with Crippen molar-refractivity contribution in [1.29, 1.82) is 0 Å². The summed E-state index contributed by atoms with van der Waals surface area (Å²) >= 11 is 0. The van der Waals surface area contributed by atoms with Crippen LogP contribution in [0.3, 0.4) is 0 Å². The number of likely N-dealkylation sites (tertiary alicyclic amines) is 1. The number of hydrogen-bond donors (Lipinski definition) is 1. The number of hydrogen-bond acceptors (Lipinski definition) is 5. The Morgan fingerprint density at radius 1 is 1.00 bits per heavy atom. The lowest BCUT2D eigenvalue weighted by atomic mass is 9.96. The highest BCUT2D eigenvalue weighted by Gasteiger charge is 2.54. The largest absolute Gasteiger partial charge is 0.480 e. The van der Waals surface area contributed by atoms with Crippen LogP contribution in [0.5, 0.6) is 0 Å². The van der Waals surface area contributed by atoms with Gasteiger partial charge in [0.15, 0.2) is 11.8 Å². The monoisotopic (exact) mass is 384 g/mol. The topological polar surface area (TPSA) is 100 Å². The van der Waals surface area contributed by atoms with E-state index in [4.69, 9.17) is 9.15 Å². The first-order valence-corrected chi connectivity index (χ1v) is 9.10. The molecule has 2 aliphatic heterocycles. The van der Waals surface area contributed by atoms with Crippen molar-refractivity contribution in [3.8, 4) is 0 Å². The first kappa shape index (κ1) is 18.2. The van der Waals surface area contributed by atoms with Gasteiger partial charge in [0.25, 0.3) is 11.8 Å².